The molecule has 84 heavy (non-hydrogen) atoms. The van der Waals surface area contributed by atoms with Crippen molar-refractivity contribution < 1.29 is 47.5 Å². The number of fused-ring (bicyclic) bond motifs is 6. The molecule has 4 atom stereocenters. The molecule has 1 aromatic heterocycles. The van der Waals surface area contributed by atoms with Crippen molar-refractivity contribution in [3.8, 4) is 33.8 Å². The van der Waals surface area contributed by atoms with Crippen LogP contribution in [0.1, 0.15) is 69.0 Å². The first-order valence-corrected chi connectivity index (χ1v) is 27.9. The summed E-state index contributed by atoms with van der Waals surface area (Å²) >= 11 is 0. The number of ether oxygens (including phenoxy) is 7. The second-order valence-electron chi connectivity index (χ2n) is 20.8. The third-order valence-corrected chi connectivity index (χ3v) is 16.0. The quantitative estimate of drug-likeness (QED) is 0.0446. The Kier molecular flexibility index (Phi) is 15.9. The number of alkyl carbamates (subject to hydrolysis) is 1. The van der Waals surface area contributed by atoms with Gasteiger partial charge in [-0.25, -0.2) is 19.2 Å². The van der Waals surface area contributed by atoms with Crippen LogP contribution in [0.4, 0.5) is 15.4 Å². The highest BCUT2D eigenvalue weighted by Gasteiger charge is 2.45. The number of carbonyl (C=O) groups excluding carboxylic acids is 3. The summed E-state index contributed by atoms with van der Waals surface area (Å²) in [4.78, 5) is 60.7. The molecule has 2 heterocycles. The van der Waals surface area contributed by atoms with Gasteiger partial charge in [0, 0.05) is 30.9 Å². The summed E-state index contributed by atoms with van der Waals surface area (Å²) in [6.45, 7) is -0.0979. The molecule has 15 nitrogen and oxygen atoms in total. The molecular formula is C69H60N4O11. The molecule has 0 radical (unpaired) electrons. The third kappa shape index (κ3) is 11.1. The van der Waals surface area contributed by atoms with Crippen molar-refractivity contribution in [3.05, 3.63) is 274 Å². The third-order valence-electron chi connectivity index (χ3n) is 16.0. The Morgan fingerprint density at radius 1 is 0.571 bits per heavy atom. The molecule has 12 rings (SSSR count). The predicted octanol–water partition coefficient (Wildman–Crippen LogP) is 12.0. The minimum absolute atomic E-state index is 0.0267. The number of esters is 1. The summed E-state index contributed by atoms with van der Waals surface area (Å²) in [5, 5.41) is 5.45. The lowest BCUT2D eigenvalue weighted by atomic mass is 9.80. The van der Waals surface area contributed by atoms with Crippen molar-refractivity contribution in [1.82, 2.24) is 14.9 Å². The smallest absolute Gasteiger partial charge is 0.412 e. The highest BCUT2D eigenvalue weighted by Crippen LogP contribution is 2.47. The van der Waals surface area contributed by atoms with Crippen LogP contribution in [-0.2, 0) is 40.5 Å². The topological polar surface area (TPSA) is 175 Å². The van der Waals surface area contributed by atoms with Gasteiger partial charge in [-0.1, -0.05) is 182 Å². The van der Waals surface area contributed by atoms with Crippen LogP contribution in [0.3, 0.4) is 0 Å². The van der Waals surface area contributed by atoms with Crippen molar-refractivity contribution in [2.45, 2.75) is 54.8 Å². The first-order chi connectivity index (χ1) is 41.2. The molecule has 1 aliphatic heterocycles. The number of methoxy groups -OCH3 is 2. The molecule has 1 saturated heterocycles. The molecule has 0 spiro atoms. The van der Waals surface area contributed by atoms with Gasteiger partial charge in [0.25, 0.3) is 0 Å². The van der Waals surface area contributed by atoms with Crippen LogP contribution in [0, 0.1) is 0 Å². The lowest BCUT2D eigenvalue weighted by Crippen LogP contribution is -2.46. The minimum Gasteiger partial charge on any atom is -0.497 e. The molecule has 2 N–H and O–H groups in total. The Morgan fingerprint density at radius 3 is 1.54 bits per heavy atom. The number of hydrogen-bond donors (Lipinski definition) is 2. The second kappa shape index (κ2) is 24.3. The zero-order valence-corrected chi connectivity index (χ0v) is 46.2. The fourth-order valence-corrected chi connectivity index (χ4v) is 11.9. The van der Waals surface area contributed by atoms with Gasteiger partial charge in [0.15, 0.2) is 0 Å². The van der Waals surface area contributed by atoms with Crippen LogP contribution in [0.15, 0.2) is 223 Å². The van der Waals surface area contributed by atoms with Gasteiger partial charge in [0.05, 0.1) is 20.8 Å². The van der Waals surface area contributed by atoms with Gasteiger partial charge in [0.1, 0.15) is 60.6 Å². The van der Waals surface area contributed by atoms with Gasteiger partial charge >= 0.3 is 23.8 Å². The van der Waals surface area contributed by atoms with Gasteiger partial charge in [-0.2, -0.15) is 4.98 Å². The highest BCUT2D eigenvalue weighted by atomic mass is 16.6. The fraction of sp³-hybridized carbons (Fsp3) is 0.203. The van der Waals surface area contributed by atoms with Gasteiger partial charge in [-0.05, 0) is 97.1 Å². The SMILES string of the molecule is COc1ccc(C(OC[C@H]2O[C@@H](n3ccc(NC(=O)OCC4c5ccccc5-c5ccccc54)nc3=O)C[C@@H]2OC(=O)[C@H](Cc2ccccc2)NC(=O)OCC2c3ccccc3-c3ccccc32)(c2ccccc2)c2ccc(OC)cc2)cc1. The number of aromatic nitrogens is 2. The van der Waals surface area contributed by atoms with Crippen LogP contribution >= 0.6 is 0 Å². The highest BCUT2D eigenvalue weighted by molar-refractivity contribution is 5.84. The maximum absolute atomic E-state index is 14.9. The molecule has 2 amide bonds. The average molecular weight is 1120 g/mol. The fourth-order valence-electron chi connectivity index (χ4n) is 11.9. The molecule has 0 bridgehead atoms. The Balaban J connectivity index is 0.823. The molecule has 9 aromatic rings. The van der Waals surface area contributed by atoms with Gasteiger partial charge in [-0.15, -0.1) is 0 Å². The average Bonchev–Trinajstić information content (AvgIpc) is 2.01. The van der Waals surface area contributed by atoms with Gasteiger partial charge < -0.3 is 38.5 Å². The van der Waals surface area contributed by atoms with Crippen molar-refractivity contribution in [1.29, 1.82) is 0 Å². The van der Waals surface area contributed by atoms with Crippen molar-refractivity contribution >= 4 is 24.0 Å². The zero-order valence-electron chi connectivity index (χ0n) is 46.2. The van der Waals surface area contributed by atoms with E-state index in [9.17, 15) is 19.2 Å². The van der Waals surface area contributed by atoms with E-state index in [1.807, 2.05) is 182 Å². The molecule has 15 heteroatoms. The van der Waals surface area contributed by atoms with Crippen LogP contribution in [-0.4, -0.2) is 80.0 Å². The summed E-state index contributed by atoms with van der Waals surface area (Å²) in [6, 6.07) is 66.6. The van der Waals surface area contributed by atoms with Gasteiger partial charge in [-0.3, -0.25) is 9.88 Å². The van der Waals surface area contributed by atoms with Gasteiger partial charge in [0.2, 0.25) is 0 Å². The van der Waals surface area contributed by atoms with Crippen LogP contribution in [0.25, 0.3) is 22.3 Å². The van der Waals surface area contributed by atoms with E-state index >= 15 is 0 Å². The molecule has 0 saturated carbocycles. The van der Waals surface area contributed by atoms with Crippen LogP contribution < -0.4 is 25.8 Å². The van der Waals surface area contributed by atoms with E-state index in [-0.39, 0.29) is 50.3 Å². The van der Waals surface area contributed by atoms with E-state index in [0.29, 0.717) is 11.5 Å². The van der Waals surface area contributed by atoms with Crippen molar-refractivity contribution in [2.24, 2.45) is 0 Å². The molecule has 3 aliphatic rings. The number of rotatable bonds is 19. The summed E-state index contributed by atoms with van der Waals surface area (Å²) in [6.07, 6.45) is -3.22. The lowest BCUT2D eigenvalue weighted by molar-refractivity contribution is -0.158. The Labute approximate surface area is 485 Å². The largest absolute Gasteiger partial charge is 0.497 e. The molecular weight excluding hydrogens is 1060 g/mol. The standard InChI is InChI=1S/C69H60N4O11/c1-78-48-33-29-46(30-34-48)69(45-19-7-4-8-20-45,47-31-35-49(79-2)36-32-47)82-43-62-61(40-64(83-62)73-38-37-63(71-66(73)75)72-68(77)81-42-59-56-27-15-11-23-52(56)53-24-12-16-28-57(53)59)84-65(74)60(39-44-17-5-3-6-18-44)70-67(76)80-41-58-54-25-13-9-21-50(54)51-22-10-14-26-55(51)58/h3-38,58-62,64H,39-43H2,1-2H3,(H,70,76)(H,71,72,75,77)/t60-,61-,62+,64+/m0/s1. The van der Waals surface area contributed by atoms with Crippen LogP contribution in [0.2, 0.25) is 0 Å². The van der Waals surface area contributed by atoms with E-state index in [1.165, 1.54) is 16.8 Å². The first-order valence-electron chi connectivity index (χ1n) is 27.9. The molecule has 1 fully saturated rings. The number of hydrogen-bond acceptors (Lipinski definition) is 12. The monoisotopic (exact) mass is 1120 g/mol. The minimum atomic E-state index is -1.30. The molecule has 2 aliphatic carbocycles. The maximum Gasteiger partial charge on any atom is 0.412 e. The van der Waals surface area contributed by atoms with E-state index in [1.54, 1.807) is 14.2 Å². The molecule has 8 aromatic carbocycles. The van der Waals surface area contributed by atoms with E-state index in [4.69, 9.17) is 33.2 Å². The lowest BCUT2D eigenvalue weighted by Gasteiger charge is -2.37. The predicted molar refractivity (Wildman–Crippen MR) is 316 cm³/mol. The Morgan fingerprint density at radius 2 is 1.04 bits per heavy atom. The summed E-state index contributed by atoms with van der Waals surface area (Å²) in [5.41, 5.74) is 9.52. The number of amides is 2. The van der Waals surface area contributed by atoms with E-state index in [2.05, 4.69) is 39.9 Å². The van der Waals surface area contributed by atoms with Crippen LogP contribution in [0.5, 0.6) is 11.5 Å². The summed E-state index contributed by atoms with van der Waals surface area (Å²) < 4.78 is 44.7. The summed E-state index contributed by atoms with van der Waals surface area (Å²) in [5.74, 6) is 0.0819. The zero-order chi connectivity index (χ0) is 57.6. The van der Waals surface area contributed by atoms with Crippen molar-refractivity contribution in [3.63, 3.8) is 0 Å². The Hall–Kier alpha value is -9.83. The number of benzene rings is 8. The van der Waals surface area contributed by atoms with E-state index in [0.717, 1.165) is 66.8 Å². The number of nitrogens with zero attached hydrogens (tertiary/aromatic N) is 2. The maximum atomic E-state index is 14.9. The number of nitrogens with one attached hydrogen (secondary N) is 2. The summed E-state index contributed by atoms with van der Waals surface area (Å²) in [7, 11) is 3.20. The first kappa shape index (κ1) is 54.7. The second-order valence-corrected chi connectivity index (χ2v) is 20.8. The Bertz CT molecular complexity index is 3740. The molecule has 422 valence electrons. The number of anilines is 1. The normalized spacial score (nSPS) is 16.3. The molecule has 0 unspecified atom stereocenters. The van der Waals surface area contributed by atoms with E-state index < -0.39 is 53.9 Å². The number of carbonyl (C=O) groups is 3. The van der Waals surface area contributed by atoms with Crippen molar-refractivity contribution in [2.75, 3.05) is 39.4 Å².